The van der Waals surface area contributed by atoms with Crippen molar-refractivity contribution in [2.24, 2.45) is 34.5 Å². The van der Waals surface area contributed by atoms with E-state index >= 15 is 0 Å². The van der Waals surface area contributed by atoms with Crippen LogP contribution in [0.5, 0.6) is 0 Å². The lowest BCUT2D eigenvalue weighted by atomic mass is 9.47. The first-order valence-electron chi connectivity index (χ1n) is 12.0. The molecular formula is C25H42OS2. The van der Waals surface area contributed by atoms with Crippen LogP contribution in [-0.4, -0.2) is 21.7 Å². The minimum absolute atomic E-state index is 0.0921. The topological polar surface area (TPSA) is 20.2 Å². The van der Waals surface area contributed by atoms with E-state index < -0.39 is 0 Å². The van der Waals surface area contributed by atoms with Gasteiger partial charge in [0.05, 0.1) is 6.10 Å². The van der Waals surface area contributed by atoms with Crippen molar-refractivity contribution in [2.45, 2.75) is 108 Å². The number of hydrogen-bond acceptors (Lipinski definition) is 3. The average Bonchev–Trinajstić information content (AvgIpc) is 2.99. The van der Waals surface area contributed by atoms with Crippen molar-refractivity contribution in [1.82, 2.24) is 0 Å². The van der Waals surface area contributed by atoms with Gasteiger partial charge < -0.3 is 5.11 Å². The molecule has 0 aromatic rings. The summed E-state index contributed by atoms with van der Waals surface area (Å²) in [5.74, 6) is 3.39. The molecule has 4 aliphatic carbocycles. The zero-order valence-electron chi connectivity index (χ0n) is 18.2. The molecule has 0 aromatic heterocycles. The molecule has 0 radical (unpaired) electrons. The maximum atomic E-state index is 10.2. The molecule has 0 heterocycles. The zero-order chi connectivity index (χ0) is 20.1. The molecule has 3 fully saturated rings. The SMILES string of the molecule is CC(S)CCC[C@@H](S)C1CCC2C3CC=C4C[C@@H](O)CC[C@]4(C)C3CC[C@@]21C. The van der Waals surface area contributed by atoms with Crippen LogP contribution in [0.25, 0.3) is 0 Å². The number of rotatable bonds is 5. The summed E-state index contributed by atoms with van der Waals surface area (Å²) in [5, 5.41) is 11.3. The molecular weight excluding hydrogens is 380 g/mol. The molecule has 0 amide bonds. The second-order valence-corrected chi connectivity index (χ2v) is 12.8. The first-order chi connectivity index (χ1) is 13.3. The Bertz CT molecular complexity index is 601. The maximum Gasteiger partial charge on any atom is 0.0577 e. The van der Waals surface area contributed by atoms with Gasteiger partial charge in [0.25, 0.3) is 0 Å². The third-order valence-electron chi connectivity index (χ3n) is 9.74. The Morgan fingerprint density at radius 2 is 1.86 bits per heavy atom. The van der Waals surface area contributed by atoms with E-state index in [2.05, 4.69) is 39.5 Å². The Labute approximate surface area is 184 Å². The Morgan fingerprint density at radius 1 is 1.07 bits per heavy atom. The third kappa shape index (κ3) is 3.64. The molecule has 3 heteroatoms. The fourth-order valence-electron chi connectivity index (χ4n) is 8.14. The highest BCUT2D eigenvalue weighted by Gasteiger charge is 2.59. The number of thiol groups is 2. The van der Waals surface area contributed by atoms with Gasteiger partial charge in [-0.2, -0.15) is 25.3 Å². The fourth-order valence-corrected chi connectivity index (χ4v) is 8.99. The van der Waals surface area contributed by atoms with Crippen molar-refractivity contribution in [3.63, 3.8) is 0 Å². The second-order valence-electron chi connectivity index (χ2n) is 11.2. The van der Waals surface area contributed by atoms with Crippen LogP contribution in [0.2, 0.25) is 0 Å². The number of hydrogen-bond donors (Lipinski definition) is 3. The Balaban J connectivity index is 1.49. The summed E-state index contributed by atoms with van der Waals surface area (Å²) < 4.78 is 0. The second kappa shape index (κ2) is 8.15. The maximum absolute atomic E-state index is 10.2. The summed E-state index contributed by atoms with van der Waals surface area (Å²) in [6.45, 7) is 7.37. The van der Waals surface area contributed by atoms with Crippen molar-refractivity contribution in [3.05, 3.63) is 11.6 Å². The molecule has 0 aliphatic heterocycles. The van der Waals surface area contributed by atoms with Crippen LogP contribution in [0.1, 0.15) is 91.4 Å². The van der Waals surface area contributed by atoms with Gasteiger partial charge in [0.15, 0.2) is 0 Å². The number of aliphatic hydroxyl groups excluding tert-OH is 1. The van der Waals surface area contributed by atoms with Gasteiger partial charge >= 0.3 is 0 Å². The van der Waals surface area contributed by atoms with Crippen molar-refractivity contribution < 1.29 is 5.11 Å². The van der Waals surface area contributed by atoms with E-state index in [1.54, 1.807) is 5.57 Å². The first kappa shape index (κ1) is 21.6. The molecule has 0 bridgehead atoms. The summed E-state index contributed by atoms with van der Waals surface area (Å²) in [4.78, 5) is 0. The summed E-state index contributed by atoms with van der Waals surface area (Å²) in [7, 11) is 0. The Morgan fingerprint density at radius 3 is 2.61 bits per heavy atom. The van der Waals surface area contributed by atoms with Gasteiger partial charge in [-0.15, -0.1) is 0 Å². The van der Waals surface area contributed by atoms with Gasteiger partial charge in [0.2, 0.25) is 0 Å². The van der Waals surface area contributed by atoms with Crippen molar-refractivity contribution >= 4 is 25.3 Å². The molecule has 160 valence electrons. The van der Waals surface area contributed by atoms with E-state index in [1.807, 2.05) is 0 Å². The lowest BCUT2D eigenvalue weighted by Gasteiger charge is -2.58. The molecule has 4 aliphatic rings. The first-order valence-corrected chi connectivity index (χ1v) is 13.0. The van der Waals surface area contributed by atoms with Crippen LogP contribution >= 0.6 is 25.3 Å². The molecule has 4 rings (SSSR count). The van der Waals surface area contributed by atoms with Gasteiger partial charge in [0, 0.05) is 5.25 Å². The standard InChI is InChI=1S/C25H42OS2/c1-16(27)5-4-6-23(28)22-10-9-20-19-8-7-17-15-18(26)11-13-24(17,2)21(19)12-14-25(20,22)3/h7,16,18-23,26-28H,4-6,8-15H2,1-3H3/t16?,18-,19?,20?,21?,22?,23+,24-,25-/m0/s1. The highest BCUT2D eigenvalue weighted by molar-refractivity contribution is 7.81. The summed E-state index contributed by atoms with van der Waals surface area (Å²) >= 11 is 9.71. The van der Waals surface area contributed by atoms with Crippen LogP contribution in [0.4, 0.5) is 0 Å². The average molecular weight is 423 g/mol. The van der Waals surface area contributed by atoms with Crippen LogP contribution in [0.15, 0.2) is 11.6 Å². The van der Waals surface area contributed by atoms with Crippen LogP contribution in [0, 0.1) is 34.5 Å². The Hall–Kier alpha value is 0.400. The van der Waals surface area contributed by atoms with E-state index in [-0.39, 0.29) is 6.10 Å². The summed E-state index contributed by atoms with van der Waals surface area (Å²) in [6.07, 6.45) is 16.2. The van der Waals surface area contributed by atoms with E-state index in [0.717, 1.165) is 36.5 Å². The lowest BCUT2D eigenvalue weighted by molar-refractivity contribution is -0.0499. The van der Waals surface area contributed by atoms with Gasteiger partial charge in [-0.3, -0.25) is 0 Å². The van der Waals surface area contributed by atoms with Crippen LogP contribution in [0.3, 0.4) is 0 Å². The summed E-state index contributed by atoms with van der Waals surface area (Å²) in [6, 6.07) is 0. The zero-order valence-corrected chi connectivity index (χ0v) is 20.0. The Kier molecular flexibility index (Phi) is 6.30. The number of fused-ring (bicyclic) bond motifs is 5. The minimum atomic E-state index is -0.0921. The molecule has 28 heavy (non-hydrogen) atoms. The van der Waals surface area contributed by atoms with Gasteiger partial charge in [-0.1, -0.05) is 38.8 Å². The molecule has 5 unspecified atom stereocenters. The highest BCUT2D eigenvalue weighted by Crippen LogP contribution is 2.67. The summed E-state index contributed by atoms with van der Waals surface area (Å²) in [5.41, 5.74) is 2.46. The number of aliphatic hydroxyl groups is 1. The van der Waals surface area contributed by atoms with Gasteiger partial charge in [0.1, 0.15) is 0 Å². The predicted octanol–water partition coefficient (Wildman–Crippen LogP) is 6.71. The minimum Gasteiger partial charge on any atom is -0.393 e. The van der Waals surface area contributed by atoms with E-state index in [1.165, 1.54) is 57.8 Å². The van der Waals surface area contributed by atoms with E-state index in [0.29, 0.717) is 21.3 Å². The molecule has 3 saturated carbocycles. The fraction of sp³-hybridized carbons (Fsp3) is 0.920. The molecule has 0 aromatic carbocycles. The molecule has 1 N–H and O–H groups in total. The smallest absolute Gasteiger partial charge is 0.0577 e. The molecule has 9 atom stereocenters. The largest absolute Gasteiger partial charge is 0.393 e. The van der Waals surface area contributed by atoms with E-state index in [4.69, 9.17) is 12.6 Å². The van der Waals surface area contributed by atoms with Gasteiger partial charge in [-0.25, -0.2) is 0 Å². The van der Waals surface area contributed by atoms with Crippen molar-refractivity contribution in [2.75, 3.05) is 0 Å². The van der Waals surface area contributed by atoms with Crippen LogP contribution in [-0.2, 0) is 0 Å². The van der Waals surface area contributed by atoms with Crippen LogP contribution < -0.4 is 0 Å². The highest BCUT2D eigenvalue weighted by atomic mass is 32.1. The third-order valence-corrected chi connectivity index (χ3v) is 10.6. The van der Waals surface area contributed by atoms with Crippen molar-refractivity contribution in [3.8, 4) is 0 Å². The van der Waals surface area contributed by atoms with Gasteiger partial charge in [-0.05, 0) is 104 Å². The monoisotopic (exact) mass is 422 g/mol. The molecule has 0 saturated heterocycles. The number of allylic oxidation sites excluding steroid dienone is 1. The normalized spacial score (nSPS) is 47.5. The quantitative estimate of drug-likeness (QED) is 0.332. The predicted molar refractivity (Wildman–Crippen MR) is 126 cm³/mol. The van der Waals surface area contributed by atoms with E-state index in [9.17, 15) is 5.11 Å². The van der Waals surface area contributed by atoms with Crippen molar-refractivity contribution in [1.29, 1.82) is 0 Å². The molecule has 1 nitrogen and oxygen atoms in total. The molecule has 0 spiro atoms. The lowest BCUT2D eigenvalue weighted by Crippen LogP contribution is -2.51.